The highest BCUT2D eigenvalue weighted by Gasteiger charge is 2.26. The number of aryl methyl sites for hydroxylation is 1. The monoisotopic (exact) mass is 347 g/mol. The molecule has 0 bridgehead atoms. The highest BCUT2D eigenvalue weighted by atomic mass is 16.5. The fourth-order valence-corrected chi connectivity index (χ4v) is 2.94. The van der Waals surface area contributed by atoms with Crippen molar-refractivity contribution in [3.05, 3.63) is 29.8 Å². The van der Waals surface area contributed by atoms with Crippen molar-refractivity contribution < 1.29 is 14.3 Å². The number of carbonyl (C=O) groups is 1. The summed E-state index contributed by atoms with van der Waals surface area (Å²) in [6.45, 7) is 7.66. The van der Waals surface area contributed by atoms with Crippen molar-refractivity contribution in [2.45, 2.75) is 26.7 Å². The van der Waals surface area contributed by atoms with Crippen LogP contribution in [-0.2, 0) is 9.53 Å². The Morgan fingerprint density at radius 3 is 2.68 bits per heavy atom. The third-order valence-corrected chi connectivity index (χ3v) is 4.37. The predicted octanol–water partition coefficient (Wildman–Crippen LogP) is 2.22. The molecule has 0 radical (unpaired) electrons. The van der Waals surface area contributed by atoms with Crippen LogP contribution in [0.15, 0.2) is 29.3 Å². The molecule has 25 heavy (non-hydrogen) atoms. The average Bonchev–Trinajstić information content (AvgIpc) is 2.65. The Kier molecular flexibility index (Phi) is 7.57. The highest BCUT2D eigenvalue weighted by molar-refractivity contribution is 5.80. The number of guanidine groups is 1. The van der Waals surface area contributed by atoms with Gasteiger partial charge in [0.1, 0.15) is 12.4 Å². The van der Waals surface area contributed by atoms with E-state index in [4.69, 9.17) is 9.47 Å². The largest absolute Gasteiger partial charge is 0.491 e. The number of benzene rings is 1. The van der Waals surface area contributed by atoms with Crippen molar-refractivity contribution in [3.8, 4) is 5.75 Å². The Morgan fingerprint density at radius 2 is 2.04 bits per heavy atom. The molecule has 1 N–H and O–H groups in total. The SMILES string of the molecule is CCNC(=NCCOc1ccccc1C)N1CCC(C(=O)OC)CC1. The van der Waals surface area contributed by atoms with E-state index < -0.39 is 0 Å². The first kappa shape index (κ1) is 19.1. The molecule has 6 nitrogen and oxygen atoms in total. The summed E-state index contributed by atoms with van der Waals surface area (Å²) in [4.78, 5) is 18.5. The van der Waals surface area contributed by atoms with Gasteiger partial charge in [-0.25, -0.2) is 4.99 Å². The number of ether oxygens (including phenoxy) is 2. The fraction of sp³-hybridized carbons (Fsp3) is 0.579. The molecule has 1 aliphatic heterocycles. The number of hydrogen-bond donors (Lipinski definition) is 1. The molecule has 0 atom stereocenters. The Labute approximate surface area is 150 Å². The molecular weight excluding hydrogens is 318 g/mol. The van der Waals surface area contributed by atoms with Gasteiger partial charge < -0.3 is 19.7 Å². The van der Waals surface area contributed by atoms with Gasteiger partial charge in [0, 0.05) is 19.6 Å². The van der Waals surface area contributed by atoms with Crippen LogP contribution in [-0.4, -0.2) is 56.7 Å². The van der Waals surface area contributed by atoms with Crippen LogP contribution in [0.4, 0.5) is 0 Å². The lowest BCUT2D eigenvalue weighted by Crippen LogP contribution is -2.46. The van der Waals surface area contributed by atoms with Gasteiger partial charge in [0.25, 0.3) is 0 Å². The van der Waals surface area contributed by atoms with Crippen molar-refractivity contribution in [2.75, 3.05) is 39.9 Å². The zero-order chi connectivity index (χ0) is 18.1. The number of piperidine rings is 1. The first-order valence-electron chi connectivity index (χ1n) is 8.95. The molecule has 0 aliphatic carbocycles. The normalized spacial score (nSPS) is 15.8. The summed E-state index contributed by atoms with van der Waals surface area (Å²) < 4.78 is 10.6. The zero-order valence-corrected chi connectivity index (χ0v) is 15.5. The van der Waals surface area contributed by atoms with Crippen molar-refractivity contribution in [3.63, 3.8) is 0 Å². The van der Waals surface area contributed by atoms with Gasteiger partial charge >= 0.3 is 5.97 Å². The van der Waals surface area contributed by atoms with Crippen LogP contribution in [0, 0.1) is 12.8 Å². The number of para-hydroxylation sites is 1. The van der Waals surface area contributed by atoms with Crippen LogP contribution in [0.2, 0.25) is 0 Å². The van der Waals surface area contributed by atoms with Gasteiger partial charge in [-0.05, 0) is 38.3 Å². The van der Waals surface area contributed by atoms with Crippen LogP contribution >= 0.6 is 0 Å². The molecular formula is C19H29N3O3. The summed E-state index contributed by atoms with van der Waals surface area (Å²) in [6, 6.07) is 7.98. The summed E-state index contributed by atoms with van der Waals surface area (Å²) in [6.07, 6.45) is 1.60. The van der Waals surface area contributed by atoms with E-state index in [1.54, 1.807) is 0 Å². The molecule has 0 spiro atoms. The number of rotatable bonds is 6. The Hall–Kier alpha value is -2.24. The number of nitrogens with one attached hydrogen (secondary N) is 1. The number of nitrogens with zero attached hydrogens (tertiary/aromatic N) is 2. The van der Waals surface area contributed by atoms with E-state index in [-0.39, 0.29) is 11.9 Å². The van der Waals surface area contributed by atoms with Crippen LogP contribution in [0.1, 0.15) is 25.3 Å². The standard InChI is InChI=1S/C19H29N3O3/c1-4-20-19(22-12-9-16(10-13-22)18(23)24-3)21-11-14-25-17-8-6-5-7-15(17)2/h5-8,16H,4,9-14H2,1-3H3,(H,20,21). The molecule has 1 fully saturated rings. The van der Waals surface area contributed by atoms with E-state index in [1.165, 1.54) is 7.11 Å². The first-order chi connectivity index (χ1) is 12.2. The molecule has 1 aromatic carbocycles. The Morgan fingerprint density at radius 1 is 1.32 bits per heavy atom. The predicted molar refractivity (Wildman–Crippen MR) is 99.0 cm³/mol. The molecule has 0 unspecified atom stereocenters. The third kappa shape index (κ3) is 5.66. The van der Waals surface area contributed by atoms with Crippen molar-refractivity contribution in [1.82, 2.24) is 10.2 Å². The Balaban J connectivity index is 1.84. The van der Waals surface area contributed by atoms with Gasteiger partial charge in [0.05, 0.1) is 19.6 Å². The van der Waals surface area contributed by atoms with E-state index in [1.807, 2.05) is 31.2 Å². The molecule has 1 heterocycles. The number of methoxy groups -OCH3 is 1. The maximum absolute atomic E-state index is 11.6. The number of likely N-dealkylation sites (tertiary alicyclic amines) is 1. The fourth-order valence-electron chi connectivity index (χ4n) is 2.94. The van der Waals surface area contributed by atoms with E-state index in [0.29, 0.717) is 13.2 Å². The molecule has 0 saturated carbocycles. The first-order valence-corrected chi connectivity index (χ1v) is 8.95. The quantitative estimate of drug-likeness (QED) is 0.370. The minimum atomic E-state index is -0.103. The van der Waals surface area contributed by atoms with Crippen molar-refractivity contribution >= 4 is 11.9 Å². The summed E-state index contributed by atoms with van der Waals surface area (Å²) >= 11 is 0. The molecule has 0 aromatic heterocycles. The van der Waals surface area contributed by atoms with Crippen LogP contribution in [0.3, 0.4) is 0 Å². The van der Waals surface area contributed by atoms with E-state index in [0.717, 1.165) is 49.7 Å². The molecule has 1 saturated heterocycles. The Bertz CT molecular complexity index is 581. The second-order valence-electron chi connectivity index (χ2n) is 6.13. The van der Waals surface area contributed by atoms with Crippen LogP contribution in [0.25, 0.3) is 0 Å². The van der Waals surface area contributed by atoms with Gasteiger partial charge in [-0.15, -0.1) is 0 Å². The zero-order valence-electron chi connectivity index (χ0n) is 15.5. The number of esters is 1. The summed E-state index contributed by atoms with van der Waals surface area (Å²) in [5, 5.41) is 3.32. The molecule has 6 heteroatoms. The second-order valence-corrected chi connectivity index (χ2v) is 6.13. The van der Waals surface area contributed by atoms with Crippen LogP contribution < -0.4 is 10.1 Å². The lowest BCUT2D eigenvalue weighted by atomic mass is 9.97. The van der Waals surface area contributed by atoms with Crippen molar-refractivity contribution in [2.24, 2.45) is 10.9 Å². The third-order valence-electron chi connectivity index (χ3n) is 4.37. The number of hydrogen-bond acceptors (Lipinski definition) is 4. The summed E-state index contributed by atoms with van der Waals surface area (Å²) in [5.74, 6) is 1.70. The molecule has 0 amide bonds. The average molecular weight is 347 g/mol. The number of carbonyl (C=O) groups excluding carboxylic acids is 1. The van der Waals surface area contributed by atoms with Gasteiger partial charge in [-0.2, -0.15) is 0 Å². The van der Waals surface area contributed by atoms with E-state index >= 15 is 0 Å². The van der Waals surface area contributed by atoms with Gasteiger partial charge in [-0.1, -0.05) is 18.2 Å². The van der Waals surface area contributed by atoms with Gasteiger partial charge in [-0.3, -0.25) is 4.79 Å². The molecule has 2 rings (SSSR count). The minimum Gasteiger partial charge on any atom is -0.491 e. The summed E-state index contributed by atoms with van der Waals surface area (Å²) in [5.41, 5.74) is 1.13. The lowest BCUT2D eigenvalue weighted by molar-refractivity contribution is -0.146. The van der Waals surface area contributed by atoms with Gasteiger partial charge in [0.2, 0.25) is 0 Å². The maximum Gasteiger partial charge on any atom is 0.308 e. The topological polar surface area (TPSA) is 63.2 Å². The smallest absolute Gasteiger partial charge is 0.308 e. The van der Waals surface area contributed by atoms with E-state index in [9.17, 15) is 4.79 Å². The lowest BCUT2D eigenvalue weighted by Gasteiger charge is -2.33. The van der Waals surface area contributed by atoms with Crippen LogP contribution in [0.5, 0.6) is 5.75 Å². The minimum absolute atomic E-state index is 0.00788. The highest BCUT2D eigenvalue weighted by Crippen LogP contribution is 2.18. The molecule has 1 aromatic rings. The van der Waals surface area contributed by atoms with Gasteiger partial charge in [0.15, 0.2) is 5.96 Å². The molecule has 138 valence electrons. The number of aliphatic imine (C=N–C) groups is 1. The summed E-state index contributed by atoms with van der Waals surface area (Å²) in [7, 11) is 1.45. The second kappa shape index (κ2) is 9.91. The molecule has 1 aliphatic rings. The van der Waals surface area contributed by atoms with E-state index in [2.05, 4.69) is 22.1 Å². The van der Waals surface area contributed by atoms with Crippen molar-refractivity contribution in [1.29, 1.82) is 0 Å². The maximum atomic E-state index is 11.6.